The molecule has 0 aliphatic heterocycles. The van der Waals surface area contributed by atoms with Crippen LogP contribution in [0.15, 0.2) is 24.5 Å². The SMILES string of the molecule is CC(C)(C)NCCC(=O)Nc1ccncc1. The molecule has 88 valence electrons. The standard InChI is InChI=1S/C12H19N3O/c1-12(2,3)14-9-6-11(16)15-10-4-7-13-8-5-10/h4-5,7-8,14H,6,9H2,1-3H3,(H,13,15,16). The molecule has 1 rings (SSSR count). The molecule has 0 saturated heterocycles. The van der Waals surface area contributed by atoms with Crippen molar-refractivity contribution in [1.29, 1.82) is 0 Å². The number of carbonyl (C=O) groups excluding carboxylic acids is 1. The molecule has 2 N–H and O–H groups in total. The van der Waals surface area contributed by atoms with Crippen molar-refractivity contribution in [2.75, 3.05) is 11.9 Å². The highest BCUT2D eigenvalue weighted by atomic mass is 16.1. The third kappa shape index (κ3) is 5.46. The minimum absolute atomic E-state index is 0.0166. The van der Waals surface area contributed by atoms with Crippen molar-refractivity contribution >= 4 is 11.6 Å². The molecule has 0 aromatic carbocycles. The lowest BCUT2D eigenvalue weighted by molar-refractivity contribution is -0.116. The molecule has 0 aliphatic carbocycles. The number of amides is 1. The molecule has 0 atom stereocenters. The second kappa shape index (κ2) is 5.61. The maximum Gasteiger partial charge on any atom is 0.225 e. The second-order valence-corrected chi connectivity index (χ2v) is 4.71. The van der Waals surface area contributed by atoms with E-state index in [4.69, 9.17) is 0 Å². The molecule has 4 heteroatoms. The van der Waals surface area contributed by atoms with Crippen LogP contribution in [0.3, 0.4) is 0 Å². The monoisotopic (exact) mass is 221 g/mol. The van der Waals surface area contributed by atoms with E-state index in [1.54, 1.807) is 24.5 Å². The first-order valence-electron chi connectivity index (χ1n) is 5.42. The van der Waals surface area contributed by atoms with E-state index in [9.17, 15) is 4.79 Å². The maximum absolute atomic E-state index is 11.5. The maximum atomic E-state index is 11.5. The van der Waals surface area contributed by atoms with Crippen molar-refractivity contribution in [3.63, 3.8) is 0 Å². The summed E-state index contributed by atoms with van der Waals surface area (Å²) in [7, 11) is 0. The summed E-state index contributed by atoms with van der Waals surface area (Å²) in [6.45, 7) is 6.91. The number of nitrogens with one attached hydrogen (secondary N) is 2. The molecule has 0 unspecified atom stereocenters. The molecule has 1 amide bonds. The fraction of sp³-hybridized carbons (Fsp3) is 0.500. The summed E-state index contributed by atoms with van der Waals surface area (Å²) in [6.07, 6.45) is 3.78. The van der Waals surface area contributed by atoms with Crippen LogP contribution < -0.4 is 10.6 Å². The molecule has 4 nitrogen and oxygen atoms in total. The van der Waals surface area contributed by atoms with E-state index >= 15 is 0 Å². The number of pyridine rings is 1. The Morgan fingerprint density at radius 1 is 1.31 bits per heavy atom. The summed E-state index contributed by atoms with van der Waals surface area (Å²) in [6, 6.07) is 3.55. The molecule has 1 aromatic rings. The van der Waals surface area contributed by atoms with Gasteiger partial charge in [-0.1, -0.05) is 0 Å². The molecule has 0 aliphatic rings. The van der Waals surface area contributed by atoms with Crippen molar-refractivity contribution in [3.8, 4) is 0 Å². The van der Waals surface area contributed by atoms with Crippen LogP contribution in [0.5, 0.6) is 0 Å². The van der Waals surface area contributed by atoms with Gasteiger partial charge in [-0.2, -0.15) is 0 Å². The van der Waals surface area contributed by atoms with Crippen molar-refractivity contribution in [2.24, 2.45) is 0 Å². The van der Waals surface area contributed by atoms with Gasteiger partial charge in [-0.05, 0) is 32.9 Å². The van der Waals surface area contributed by atoms with E-state index in [0.717, 1.165) is 5.69 Å². The minimum atomic E-state index is 0.0166. The van der Waals surface area contributed by atoms with E-state index in [1.807, 2.05) is 0 Å². The van der Waals surface area contributed by atoms with Gasteiger partial charge in [0.2, 0.25) is 5.91 Å². The average molecular weight is 221 g/mol. The zero-order valence-electron chi connectivity index (χ0n) is 10.1. The lowest BCUT2D eigenvalue weighted by atomic mass is 10.1. The Morgan fingerprint density at radius 2 is 1.94 bits per heavy atom. The molecule has 1 heterocycles. The van der Waals surface area contributed by atoms with Gasteiger partial charge in [-0.3, -0.25) is 9.78 Å². The summed E-state index contributed by atoms with van der Waals surface area (Å²) in [5.41, 5.74) is 0.840. The van der Waals surface area contributed by atoms with Gasteiger partial charge in [0.15, 0.2) is 0 Å². The van der Waals surface area contributed by atoms with Gasteiger partial charge in [0.05, 0.1) is 0 Å². The van der Waals surface area contributed by atoms with Crippen LogP contribution >= 0.6 is 0 Å². The first kappa shape index (κ1) is 12.6. The Kier molecular flexibility index (Phi) is 4.43. The molecule has 0 saturated carbocycles. The van der Waals surface area contributed by atoms with Crippen molar-refractivity contribution in [1.82, 2.24) is 10.3 Å². The number of carbonyl (C=O) groups is 1. The summed E-state index contributed by atoms with van der Waals surface area (Å²) in [5.74, 6) is 0.0166. The van der Waals surface area contributed by atoms with Crippen LogP contribution in [-0.2, 0) is 4.79 Å². The number of aromatic nitrogens is 1. The Morgan fingerprint density at radius 3 is 2.50 bits per heavy atom. The summed E-state index contributed by atoms with van der Waals surface area (Å²) >= 11 is 0. The van der Waals surface area contributed by atoms with Crippen LogP contribution in [0.1, 0.15) is 27.2 Å². The predicted molar refractivity (Wildman–Crippen MR) is 65.2 cm³/mol. The highest BCUT2D eigenvalue weighted by molar-refractivity contribution is 5.90. The number of hydrogen-bond donors (Lipinski definition) is 2. The fourth-order valence-electron chi connectivity index (χ4n) is 1.21. The van der Waals surface area contributed by atoms with E-state index in [2.05, 4.69) is 36.4 Å². The number of nitrogens with zero attached hydrogens (tertiary/aromatic N) is 1. The van der Waals surface area contributed by atoms with Crippen molar-refractivity contribution in [2.45, 2.75) is 32.7 Å². The predicted octanol–water partition coefficient (Wildman–Crippen LogP) is 1.80. The Bertz CT molecular complexity index is 330. The zero-order chi connectivity index (χ0) is 12.0. The average Bonchev–Trinajstić information content (AvgIpc) is 2.17. The summed E-state index contributed by atoms with van der Waals surface area (Å²) < 4.78 is 0. The molecule has 0 bridgehead atoms. The van der Waals surface area contributed by atoms with Gasteiger partial charge >= 0.3 is 0 Å². The van der Waals surface area contributed by atoms with E-state index < -0.39 is 0 Å². The van der Waals surface area contributed by atoms with Gasteiger partial charge in [-0.25, -0.2) is 0 Å². The van der Waals surface area contributed by atoms with E-state index in [0.29, 0.717) is 13.0 Å². The summed E-state index contributed by atoms with van der Waals surface area (Å²) in [5, 5.41) is 6.07. The first-order valence-corrected chi connectivity index (χ1v) is 5.42. The Balaban J connectivity index is 2.27. The quantitative estimate of drug-likeness (QED) is 0.815. The molecule has 1 aromatic heterocycles. The van der Waals surface area contributed by atoms with Crippen LogP contribution in [0, 0.1) is 0 Å². The third-order valence-electron chi connectivity index (χ3n) is 1.97. The number of rotatable bonds is 4. The first-order chi connectivity index (χ1) is 7.47. The van der Waals surface area contributed by atoms with Gasteiger partial charge in [0.1, 0.15) is 0 Å². The van der Waals surface area contributed by atoms with Crippen LogP contribution in [0.25, 0.3) is 0 Å². The molecule has 0 radical (unpaired) electrons. The van der Waals surface area contributed by atoms with E-state index in [-0.39, 0.29) is 11.4 Å². The minimum Gasteiger partial charge on any atom is -0.326 e. The van der Waals surface area contributed by atoms with Gasteiger partial charge < -0.3 is 10.6 Å². The topological polar surface area (TPSA) is 54.0 Å². The number of hydrogen-bond acceptors (Lipinski definition) is 3. The zero-order valence-corrected chi connectivity index (χ0v) is 10.1. The summed E-state index contributed by atoms with van der Waals surface area (Å²) in [4.78, 5) is 15.4. The van der Waals surface area contributed by atoms with Gasteiger partial charge in [0.25, 0.3) is 0 Å². The van der Waals surface area contributed by atoms with Gasteiger partial charge in [-0.15, -0.1) is 0 Å². The fourth-order valence-corrected chi connectivity index (χ4v) is 1.21. The lowest BCUT2D eigenvalue weighted by Crippen LogP contribution is -2.37. The molecule has 0 spiro atoms. The number of anilines is 1. The van der Waals surface area contributed by atoms with Crippen molar-refractivity contribution in [3.05, 3.63) is 24.5 Å². The molecular weight excluding hydrogens is 202 g/mol. The lowest BCUT2D eigenvalue weighted by Gasteiger charge is -2.20. The Labute approximate surface area is 96.5 Å². The largest absolute Gasteiger partial charge is 0.326 e. The highest BCUT2D eigenvalue weighted by Gasteiger charge is 2.09. The van der Waals surface area contributed by atoms with Gasteiger partial charge in [0, 0.05) is 36.6 Å². The van der Waals surface area contributed by atoms with Crippen molar-refractivity contribution < 1.29 is 4.79 Å². The smallest absolute Gasteiger partial charge is 0.225 e. The van der Waals surface area contributed by atoms with Crippen LogP contribution in [-0.4, -0.2) is 23.0 Å². The van der Waals surface area contributed by atoms with E-state index in [1.165, 1.54) is 0 Å². The normalized spacial score (nSPS) is 11.2. The molecular formula is C12H19N3O. The van der Waals surface area contributed by atoms with Crippen LogP contribution in [0.4, 0.5) is 5.69 Å². The molecule has 16 heavy (non-hydrogen) atoms. The highest BCUT2D eigenvalue weighted by Crippen LogP contribution is 2.04. The third-order valence-corrected chi connectivity index (χ3v) is 1.97. The molecule has 0 fully saturated rings. The van der Waals surface area contributed by atoms with Crippen LogP contribution in [0.2, 0.25) is 0 Å². The second-order valence-electron chi connectivity index (χ2n) is 4.71. The Hall–Kier alpha value is -1.42.